The third-order valence-corrected chi connectivity index (χ3v) is 3.05. The zero-order chi connectivity index (χ0) is 12.3. The van der Waals surface area contributed by atoms with Crippen molar-refractivity contribution in [2.75, 3.05) is 14.2 Å². The van der Waals surface area contributed by atoms with Crippen LogP contribution in [0, 0.1) is 0 Å². The highest BCUT2D eigenvalue weighted by atomic mass is 32.1. The van der Waals surface area contributed by atoms with Gasteiger partial charge in [0.25, 0.3) is 0 Å². The van der Waals surface area contributed by atoms with Gasteiger partial charge in [-0.05, 0) is 29.2 Å². The summed E-state index contributed by atoms with van der Waals surface area (Å²) in [5, 5.41) is 13.8. The summed E-state index contributed by atoms with van der Waals surface area (Å²) in [6.07, 6.45) is 0.778. The molecule has 0 amide bonds. The highest BCUT2D eigenvalue weighted by molar-refractivity contribution is 7.05. The van der Waals surface area contributed by atoms with Crippen LogP contribution in [0.4, 0.5) is 0 Å². The number of ether oxygens (including phenoxy) is 2. The molecule has 90 valence electrons. The van der Waals surface area contributed by atoms with E-state index in [0.29, 0.717) is 21.9 Å². The van der Waals surface area contributed by atoms with E-state index in [0.717, 1.165) is 11.5 Å². The van der Waals surface area contributed by atoms with Crippen LogP contribution in [0.2, 0.25) is 0 Å². The van der Waals surface area contributed by atoms with Crippen LogP contribution in [0.25, 0.3) is 0 Å². The molecule has 2 aromatic rings. The molecule has 1 heterocycles. The minimum Gasteiger partial charge on any atom is -0.497 e. The molecule has 1 atom stereocenters. The number of benzene rings is 1. The van der Waals surface area contributed by atoms with Crippen molar-refractivity contribution in [3.63, 3.8) is 0 Å². The smallest absolute Gasteiger partial charge is 0.122 e. The van der Waals surface area contributed by atoms with E-state index in [2.05, 4.69) is 9.59 Å². The van der Waals surface area contributed by atoms with E-state index in [1.165, 1.54) is 0 Å². The van der Waals surface area contributed by atoms with Crippen molar-refractivity contribution in [2.45, 2.75) is 6.10 Å². The fourth-order valence-electron chi connectivity index (χ4n) is 1.45. The maximum absolute atomic E-state index is 10.1. The fraction of sp³-hybridized carbons (Fsp3) is 0.273. The lowest BCUT2D eigenvalue weighted by atomic mass is 10.1. The molecule has 1 aromatic carbocycles. The van der Waals surface area contributed by atoms with Crippen LogP contribution in [0.1, 0.15) is 16.5 Å². The molecule has 1 aromatic heterocycles. The first kappa shape index (κ1) is 11.8. The summed E-state index contributed by atoms with van der Waals surface area (Å²) in [5.41, 5.74) is 0.687. The van der Waals surface area contributed by atoms with E-state index in [1.54, 1.807) is 38.6 Å². The molecule has 1 unspecified atom stereocenters. The van der Waals surface area contributed by atoms with Gasteiger partial charge in [-0.1, -0.05) is 4.49 Å². The zero-order valence-electron chi connectivity index (χ0n) is 9.45. The van der Waals surface area contributed by atoms with Crippen molar-refractivity contribution in [1.29, 1.82) is 0 Å². The third-order valence-electron chi connectivity index (χ3n) is 2.34. The van der Waals surface area contributed by atoms with Gasteiger partial charge in [0.2, 0.25) is 0 Å². The highest BCUT2D eigenvalue weighted by Crippen LogP contribution is 2.30. The molecule has 0 fully saturated rings. The van der Waals surface area contributed by atoms with Gasteiger partial charge in [-0.2, -0.15) is 0 Å². The van der Waals surface area contributed by atoms with E-state index in [9.17, 15) is 5.11 Å². The van der Waals surface area contributed by atoms with Gasteiger partial charge in [-0.25, -0.2) is 0 Å². The topological polar surface area (TPSA) is 64.5 Å². The normalized spacial score (nSPS) is 12.2. The molecule has 0 saturated carbocycles. The van der Waals surface area contributed by atoms with Crippen molar-refractivity contribution in [1.82, 2.24) is 9.59 Å². The van der Waals surface area contributed by atoms with E-state index < -0.39 is 6.10 Å². The van der Waals surface area contributed by atoms with Crippen LogP contribution >= 0.6 is 11.5 Å². The largest absolute Gasteiger partial charge is 0.497 e. The molecular weight excluding hydrogens is 240 g/mol. The summed E-state index contributed by atoms with van der Waals surface area (Å²) in [4.78, 5) is 0.681. The van der Waals surface area contributed by atoms with Crippen LogP contribution in [0.15, 0.2) is 24.4 Å². The first-order valence-electron chi connectivity index (χ1n) is 4.93. The highest BCUT2D eigenvalue weighted by Gasteiger charge is 2.15. The van der Waals surface area contributed by atoms with Gasteiger partial charge in [-0.15, -0.1) is 5.10 Å². The SMILES string of the molecule is COc1cc(OC)cc(C(O)c2cnns2)c1. The van der Waals surface area contributed by atoms with E-state index in [1.807, 2.05) is 0 Å². The molecule has 0 aliphatic rings. The molecular formula is C11H12N2O3S. The molecule has 0 saturated heterocycles. The lowest BCUT2D eigenvalue weighted by molar-refractivity contribution is 0.222. The molecule has 17 heavy (non-hydrogen) atoms. The first-order chi connectivity index (χ1) is 8.24. The number of nitrogens with zero attached hydrogens (tertiary/aromatic N) is 2. The predicted octanol–water partition coefficient (Wildman–Crippen LogP) is 1.64. The summed E-state index contributed by atoms with van der Waals surface area (Å²) in [6, 6.07) is 5.26. The minimum atomic E-state index is -0.765. The Morgan fingerprint density at radius 3 is 2.29 bits per heavy atom. The monoisotopic (exact) mass is 252 g/mol. The van der Waals surface area contributed by atoms with Crippen LogP contribution < -0.4 is 9.47 Å². The Morgan fingerprint density at radius 2 is 1.82 bits per heavy atom. The number of aliphatic hydroxyl groups excluding tert-OH is 1. The Balaban J connectivity index is 2.37. The molecule has 5 nitrogen and oxygen atoms in total. The number of methoxy groups -OCH3 is 2. The molecule has 0 spiro atoms. The van der Waals surface area contributed by atoms with Crippen LogP contribution in [-0.2, 0) is 0 Å². The van der Waals surface area contributed by atoms with Crippen molar-refractivity contribution in [2.24, 2.45) is 0 Å². The summed E-state index contributed by atoms with van der Waals surface area (Å²) in [7, 11) is 3.14. The Labute approximate surface area is 103 Å². The maximum atomic E-state index is 10.1. The number of hydrogen-bond acceptors (Lipinski definition) is 6. The zero-order valence-corrected chi connectivity index (χ0v) is 10.3. The van der Waals surface area contributed by atoms with Gasteiger partial charge in [0.05, 0.1) is 25.3 Å². The predicted molar refractivity (Wildman–Crippen MR) is 63.5 cm³/mol. The van der Waals surface area contributed by atoms with Gasteiger partial charge >= 0.3 is 0 Å². The second kappa shape index (κ2) is 5.11. The summed E-state index contributed by atoms with van der Waals surface area (Å²) in [6.45, 7) is 0. The van der Waals surface area contributed by atoms with Gasteiger partial charge in [0.15, 0.2) is 0 Å². The first-order valence-corrected chi connectivity index (χ1v) is 5.70. The summed E-state index contributed by atoms with van der Waals surface area (Å²) < 4.78 is 14.0. The summed E-state index contributed by atoms with van der Waals surface area (Å²) in [5.74, 6) is 1.27. The fourth-order valence-corrected chi connectivity index (χ4v) is 1.97. The lowest BCUT2D eigenvalue weighted by Gasteiger charge is -2.11. The molecule has 6 heteroatoms. The molecule has 0 aliphatic heterocycles. The third kappa shape index (κ3) is 2.54. The molecule has 1 N–H and O–H groups in total. The molecule has 0 bridgehead atoms. The Bertz CT molecular complexity index is 465. The van der Waals surface area contributed by atoms with E-state index >= 15 is 0 Å². The van der Waals surface area contributed by atoms with Gasteiger partial charge in [0, 0.05) is 6.07 Å². The lowest BCUT2D eigenvalue weighted by Crippen LogP contribution is -1.99. The van der Waals surface area contributed by atoms with Crippen LogP contribution in [0.5, 0.6) is 11.5 Å². The maximum Gasteiger partial charge on any atom is 0.122 e. The van der Waals surface area contributed by atoms with E-state index in [-0.39, 0.29) is 0 Å². The van der Waals surface area contributed by atoms with Gasteiger partial charge < -0.3 is 14.6 Å². The quantitative estimate of drug-likeness (QED) is 0.896. The molecule has 0 radical (unpaired) electrons. The van der Waals surface area contributed by atoms with Crippen LogP contribution in [-0.4, -0.2) is 28.9 Å². The Morgan fingerprint density at radius 1 is 1.18 bits per heavy atom. The summed E-state index contributed by atoms with van der Waals surface area (Å²) >= 11 is 1.16. The van der Waals surface area contributed by atoms with E-state index in [4.69, 9.17) is 9.47 Å². The van der Waals surface area contributed by atoms with Crippen molar-refractivity contribution in [3.8, 4) is 11.5 Å². The average molecular weight is 252 g/mol. The van der Waals surface area contributed by atoms with Gasteiger partial charge in [-0.3, -0.25) is 0 Å². The minimum absolute atomic E-state index is 0.635. The second-order valence-electron chi connectivity index (χ2n) is 3.37. The van der Waals surface area contributed by atoms with Crippen LogP contribution in [0.3, 0.4) is 0 Å². The Hall–Kier alpha value is -1.66. The van der Waals surface area contributed by atoms with Crippen molar-refractivity contribution in [3.05, 3.63) is 34.8 Å². The van der Waals surface area contributed by atoms with Crippen molar-refractivity contribution < 1.29 is 14.6 Å². The number of rotatable bonds is 4. The second-order valence-corrected chi connectivity index (χ2v) is 4.19. The molecule has 2 rings (SSSR count). The number of aliphatic hydroxyl groups is 1. The van der Waals surface area contributed by atoms with Gasteiger partial charge in [0.1, 0.15) is 17.6 Å². The number of aromatic nitrogens is 2. The Kier molecular flexibility index (Phi) is 3.55. The number of hydrogen-bond donors (Lipinski definition) is 1. The van der Waals surface area contributed by atoms with Crippen molar-refractivity contribution >= 4 is 11.5 Å². The molecule has 0 aliphatic carbocycles. The standard InChI is InChI=1S/C11H12N2O3S/c1-15-8-3-7(4-9(5-8)16-2)11(14)10-6-12-13-17-10/h3-6,11,14H,1-2H3. The average Bonchev–Trinajstić information content (AvgIpc) is 2.91.